The van der Waals surface area contributed by atoms with E-state index in [9.17, 15) is 20.1 Å². The van der Waals surface area contributed by atoms with Gasteiger partial charge in [0.2, 0.25) is 12.2 Å². The van der Waals surface area contributed by atoms with Crippen molar-refractivity contribution in [2.45, 2.75) is 90.6 Å². The van der Waals surface area contributed by atoms with Crippen molar-refractivity contribution < 1.29 is 58.9 Å². The van der Waals surface area contributed by atoms with E-state index in [0.717, 1.165) is 0 Å². The van der Waals surface area contributed by atoms with Crippen LogP contribution in [-0.2, 0) is 20.6 Å². The fourth-order valence-electron chi connectivity index (χ4n) is 3.40. The van der Waals surface area contributed by atoms with Gasteiger partial charge in [-0.05, 0) is 59.0 Å². The first-order valence-electron chi connectivity index (χ1n) is 17.0. The summed E-state index contributed by atoms with van der Waals surface area (Å²) in [5.74, 6) is -0.676. The minimum atomic E-state index is -3.41. The molecule has 0 unspecified atom stereocenters. The topological polar surface area (TPSA) is 142 Å². The number of hydrogen-bond donors (Lipinski definition) is 3. The SMILES string of the molecule is [2H]C([2H])([2H])c1c(C([2H])([2H])c2ccc(OC(C)C)cc2)c(O[C@@H]2O[C@H](COC(=O)OCC)[C@@H](O)[C@H](O)[C@H]2O)nn1C(C([2H])([2H])[2H])C([2H])([2H])[2H]. The summed E-state index contributed by atoms with van der Waals surface area (Å²) in [5, 5.41) is 35.6. The van der Waals surface area contributed by atoms with E-state index in [4.69, 9.17) is 34.0 Å². The third-order valence-corrected chi connectivity index (χ3v) is 5.14. The predicted molar refractivity (Wildman–Crippen MR) is 133 cm³/mol. The van der Waals surface area contributed by atoms with Crippen LogP contribution >= 0.6 is 0 Å². The lowest BCUT2D eigenvalue weighted by Crippen LogP contribution is -2.60. The van der Waals surface area contributed by atoms with Crippen LogP contribution in [-0.4, -0.2) is 81.3 Å². The van der Waals surface area contributed by atoms with E-state index in [-0.39, 0.29) is 23.0 Å². The Hall–Kier alpha value is -2.86. The number of carbonyl (C=O) groups excluding carboxylic acids is 1. The summed E-state index contributed by atoms with van der Waals surface area (Å²) in [6.07, 6.45) is -14.0. The van der Waals surface area contributed by atoms with Crippen molar-refractivity contribution in [3.8, 4) is 11.6 Å². The smallest absolute Gasteiger partial charge is 0.491 e. The molecule has 11 heteroatoms. The lowest BCUT2D eigenvalue weighted by Gasteiger charge is -2.39. The van der Waals surface area contributed by atoms with Crippen LogP contribution in [0.4, 0.5) is 4.79 Å². The summed E-state index contributed by atoms with van der Waals surface area (Å²) in [7, 11) is 0. The quantitative estimate of drug-likeness (QED) is 0.390. The average Bonchev–Trinajstić information content (AvgIpc) is 3.30. The van der Waals surface area contributed by atoms with Crippen LogP contribution in [0.1, 0.15) is 72.4 Å². The van der Waals surface area contributed by atoms with E-state index in [1.165, 1.54) is 31.2 Å². The van der Waals surface area contributed by atoms with Crippen LogP contribution in [0.15, 0.2) is 24.3 Å². The van der Waals surface area contributed by atoms with Gasteiger partial charge in [-0.25, -0.2) is 4.79 Å². The summed E-state index contributed by atoms with van der Waals surface area (Å²) >= 11 is 0. The Bertz CT molecular complexity index is 1380. The van der Waals surface area contributed by atoms with Crippen molar-refractivity contribution in [3.05, 3.63) is 41.1 Å². The number of benzene rings is 1. The first-order valence-corrected chi connectivity index (χ1v) is 11.5. The van der Waals surface area contributed by atoms with Gasteiger partial charge in [0.25, 0.3) is 0 Å². The summed E-state index contributed by atoms with van der Waals surface area (Å²) in [6.45, 7) is -6.02. The number of aliphatic hydroxyl groups is 3. The molecule has 1 saturated heterocycles. The van der Waals surface area contributed by atoms with Gasteiger partial charge in [0, 0.05) is 38.8 Å². The Morgan fingerprint density at radius 1 is 1.16 bits per heavy atom. The molecule has 0 saturated carbocycles. The zero-order chi connectivity index (χ0) is 36.6. The molecule has 3 N–H and O–H groups in total. The summed E-state index contributed by atoms with van der Waals surface area (Å²) in [5.41, 5.74) is -2.29. The summed E-state index contributed by atoms with van der Waals surface area (Å²) in [4.78, 5) is 11.7. The molecule has 0 spiro atoms. The van der Waals surface area contributed by atoms with Crippen molar-refractivity contribution in [2.75, 3.05) is 13.2 Å². The van der Waals surface area contributed by atoms with E-state index in [1.807, 2.05) is 0 Å². The molecule has 1 aromatic heterocycles. The molecule has 1 aromatic carbocycles. The van der Waals surface area contributed by atoms with Gasteiger partial charge in [0.15, 0.2) is 0 Å². The fourth-order valence-corrected chi connectivity index (χ4v) is 3.40. The Morgan fingerprint density at radius 2 is 1.89 bits per heavy atom. The maximum Gasteiger partial charge on any atom is 0.508 e. The lowest BCUT2D eigenvalue weighted by atomic mass is 9.99. The number of ether oxygens (including phenoxy) is 5. The molecule has 37 heavy (non-hydrogen) atoms. The maximum absolute atomic E-state index is 11.7. The number of nitrogens with zero attached hydrogens (tertiary/aromatic N) is 2. The normalized spacial score (nSPS) is 29.6. The molecule has 3 rings (SSSR count). The predicted octanol–water partition coefficient (Wildman–Crippen LogP) is 2.51. The minimum Gasteiger partial charge on any atom is -0.491 e. The number of aromatic nitrogens is 2. The Kier molecular flexibility index (Phi) is 5.74. The third kappa shape index (κ3) is 7.13. The van der Waals surface area contributed by atoms with Crippen molar-refractivity contribution in [2.24, 2.45) is 0 Å². The van der Waals surface area contributed by atoms with E-state index in [0.29, 0.717) is 5.75 Å². The standard InChI is InChI=1S/C26H38N2O9/c1-7-33-26(32)34-13-20-21(29)22(30)23(31)25(36-20)37-24-19(16(6)28(27-24)14(2)3)12-17-8-10-18(11-9-17)35-15(4)5/h8-11,14-15,20-23,25,29-31H,7,12-13H2,1-6H3/t20-,21-,22+,23-,25+/m1/s1/i2D3,3D3,6D3,12D2. The lowest BCUT2D eigenvalue weighted by molar-refractivity contribution is -0.278. The molecule has 11 nitrogen and oxygen atoms in total. The van der Waals surface area contributed by atoms with Crippen LogP contribution < -0.4 is 9.47 Å². The Morgan fingerprint density at radius 3 is 2.51 bits per heavy atom. The molecule has 5 atom stereocenters. The molecule has 0 bridgehead atoms. The van der Waals surface area contributed by atoms with Crippen molar-refractivity contribution in [1.82, 2.24) is 9.78 Å². The molecule has 1 aliphatic rings. The van der Waals surface area contributed by atoms with Gasteiger partial charge in [0.1, 0.15) is 36.8 Å². The minimum absolute atomic E-state index is 0.0553. The van der Waals surface area contributed by atoms with Crippen LogP contribution in [0.25, 0.3) is 0 Å². The van der Waals surface area contributed by atoms with Gasteiger partial charge in [-0.1, -0.05) is 12.1 Å². The molecule has 1 fully saturated rings. The second-order valence-corrected chi connectivity index (χ2v) is 8.32. The van der Waals surface area contributed by atoms with Crippen molar-refractivity contribution in [1.29, 1.82) is 0 Å². The van der Waals surface area contributed by atoms with E-state index < -0.39 is 93.6 Å². The molecule has 1 aliphatic heterocycles. The van der Waals surface area contributed by atoms with Crippen LogP contribution in [0.2, 0.25) is 0 Å². The molecule has 2 heterocycles. The molecular formula is C26H38N2O9. The largest absolute Gasteiger partial charge is 0.508 e. The van der Waals surface area contributed by atoms with Crippen LogP contribution in [0.3, 0.4) is 0 Å². The molecule has 2 aromatic rings. The number of rotatable bonds is 10. The van der Waals surface area contributed by atoms with E-state index >= 15 is 0 Å². The Labute approximate surface area is 232 Å². The number of aliphatic hydroxyl groups excluding tert-OH is 3. The summed E-state index contributed by atoms with van der Waals surface area (Å²) < 4.78 is 117. The molecule has 0 aliphatic carbocycles. The summed E-state index contributed by atoms with van der Waals surface area (Å²) in [6, 6.07) is 2.66. The van der Waals surface area contributed by atoms with Gasteiger partial charge in [-0.2, -0.15) is 0 Å². The highest BCUT2D eigenvalue weighted by Crippen LogP contribution is 2.31. The first-order chi connectivity index (χ1) is 21.9. The van der Waals surface area contributed by atoms with Gasteiger partial charge in [0.05, 0.1) is 12.7 Å². The highest BCUT2D eigenvalue weighted by molar-refractivity contribution is 5.59. The van der Waals surface area contributed by atoms with Gasteiger partial charge in [-0.3, -0.25) is 4.68 Å². The zero-order valence-electron chi connectivity index (χ0n) is 31.5. The second-order valence-electron chi connectivity index (χ2n) is 8.32. The number of carbonyl (C=O) groups is 1. The average molecular weight is 534 g/mol. The van der Waals surface area contributed by atoms with Crippen molar-refractivity contribution in [3.63, 3.8) is 0 Å². The first kappa shape index (κ1) is 16.9. The zero-order valence-corrected chi connectivity index (χ0v) is 20.5. The van der Waals surface area contributed by atoms with Crippen LogP contribution in [0.5, 0.6) is 11.6 Å². The Balaban J connectivity index is 2.26. The maximum atomic E-state index is 11.7. The van der Waals surface area contributed by atoms with Gasteiger partial charge < -0.3 is 39.0 Å². The van der Waals surface area contributed by atoms with E-state index in [1.54, 1.807) is 13.8 Å². The highest BCUT2D eigenvalue weighted by atomic mass is 16.7. The van der Waals surface area contributed by atoms with Crippen molar-refractivity contribution >= 4 is 6.16 Å². The molecule has 0 amide bonds. The highest BCUT2D eigenvalue weighted by Gasteiger charge is 2.46. The van der Waals surface area contributed by atoms with Gasteiger partial charge in [-0.15, -0.1) is 5.10 Å². The van der Waals surface area contributed by atoms with Gasteiger partial charge >= 0.3 is 6.16 Å². The molecular weight excluding hydrogens is 484 g/mol. The molecule has 206 valence electrons. The van der Waals surface area contributed by atoms with E-state index in [2.05, 4.69) is 9.84 Å². The number of hydrogen-bond acceptors (Lipinski definition) is 10. The third-order valence-electron chi connectivity index (χ3n) is 5.14. The van der Waals surface area contributed by atoms with Crippen LogP contribution in [0, 0.1) is 6.85 Å². The monoisotopic (exact) mass is 533 g/mol. The second kappa shape index (κ2) is 12.6. The molecule has 0 radical (unpaired) electrons. The fraction of sp³-hybridized carbons (Fsp3) is 0.615.